The van der Waals surface area contributed by atoms with Crippen molar-refractivity contribution in [1.82, 2.24) is 0 Å². The fraction of sp³-hybridized carbons (Fsp3) is 0.750. The van der Waals surface area contributed by atoms with E-state index < -0.39 is 0 Å². The number of unbranched alkanes of at least 4 members (excludes halogenated alkanes) is 2. The Balaban J connectivity index is 3.10. The first-order chi connectivity index (χ1) is 5.31. The largest absolute Gasteiger partial charge is 0.313 e. The Morgan fingerprint density at radius 2 is 2.00 bits per heavy atom. The number of halogens is 1. The van der Waals surface area contributed by atoms with Gasteiger partial charge in [0.25, 0.3) is 0 Å². The van der Waals surface area contributed by atoms with Crippen LogP contribution in [0.3, 0.4) is 0 Å². The van der Waals surface area contributed by atoms with Gasteiger partial charge in [-0.05, 0) is 38.3 Å². The summed E-state index contributed by atoms with van der Waals surface area (Å²) in [5.41, 5.74) is 0.865. The molecule has 0 unspecified atom stereocenters. The highest BCUT2D eigenvalue weighted by atomic mass is 127. The molecule has 0 atom stereocenters. The molecule has 0 aromatic heterocycles. The van der Waals surface area contributed by atoms with Crippen LogP contribution in [0.25, 0.3) is 0 Å². The summed E-state index contributed by atoms with van der Waals surface area (Å²) in [6.45, 7) is 0. The van der Waals surface area contributed by atoms with Crippen LogP contribution < -0.4 is 0 Å². The molecule has 2 nitrogen and oxygen atoms in total. The van der Waals surface area contributed by atoms with Crippen LogP contribution in [0.5, 0.6) is 0 Å². The second-order valence-electron chi connectivity index (χ2n) is 2.49. The summed E-state index contributed by atoms with van der Waals surface area (Å²) in [7, 11) is 0. The molecule has 11 heavy (non-hydrogen) atoms. The number of alkyl halides is 1. The third-order valence-electron chi connectivity index (χ3n) is 1.47. The van der Waals surface area contributed by atoms with Gasteiger partial charge in [-0.25, -0.2) is 0 Å². The molecule has 0 bridgehead atoms. The Bertz CT molecular complexity index is 123. The van der Waals surface area contributed by atoms with Crippen molar-refractivity contribution in [1.29, 1.82) is 10.8 Å². The van der Waals surface area contributed by atoms with Crippen molar-refractivity contribution < 1.29 is 0 Å². The summed E-state index contributed by atoms with van der Waals surface area (Å²) in [6, 6.07) is 0. The third kappa shape index (κ3) is 7.97. The maximum Gasteiger partial charge on any atom is 0.00967 e. The Labute approximate surface area is 81.9 Å². The second-order valence-corrected chi connectivity index (χ2v) is 3.57. The Kier molecular flexibility index (Phi) is 8.22. The van der Waals surface area contributed by atoms with Crippen LogP contribution >= 0.6 is 22.6 Å². The van der Waals surface area contributed by atoms with E-state index in [1.165, 1.54) is 6.21 Å². The van der Waals surface area contributed by atoms with Crippen molar-refractivity contribution in [3.05, 3.63) is 0 Å². The van der Waals surface area contributed by atoms with Gasteiger partial charge in [-0.2, -0.15) is 0 Å². The van der Waals surface area contributed by atoms with Gasteiger partial charge in [0.1, 0.15) is 0 Å². The molecule has 0 aliphatic heterocycles. The molecule has 2 N–H and O–H groups in total. The van der Waals surface area contributed by atoms with Crippen LogP contribution in [0.15, 0.2) is 0 Å². The maximum atomic E-state index is 7.46. The summed E-state index contributed by atoms with van der Waals surface area (Å²) < 4.78 is 1.06. The topological polar surface area (TPSA) is 47.7 Å². The van der Waals surface area contributed by atoms with E-state index in [1.54, 1.807) is 0 Å². The number of rotatable bonds is 7. The lowest BCUT2D eigenvalue weighted by atomic mass is 10.1. The molecule has 0 amide bonds. The normalized spacial score (nSPS) is 9.55. The van der Waals surface area contributed by atoms with Crippen LogP contribution in [0, 0.1) is 10.8 Å². The minimum absolute atomic E-state index is 0.865. The van der Waals surface area contributed by atoms with Gasteiger partial charge < -0.3 is 10.8 Å². The fourth-order valence-corrected chi connectivity index (χ4v) is 1.47. The highest BCUT2D eigenvalue weighted by Gasteiger charge is 1.94. The van der Waals surface area contributed by atoms with Gasteiger partial charge in [-0.15, -0.1) is 0 Å². The zero-order valence-electron chi connectivity index (χ0n) is 6.70. The first kappa shape index (κ1) is 11.1. The highest BCUT2D eigenvalue weighted by Crippen LogP contribution is 2.02. The van der Waals surface area contributed by atoms with Gasteiger partial charge >= 0.3 is 0 Å². The smallest absolute Gasteiger partial charge is 0.00967 e. The van der Waals surface area contributed by atoms with Crippen LogP contribution in [0.1, 0.15) is 32.1 Å². The SMILES string of the molecule is N=CCCCCC(=N)CCI. The molecule has 0 aromatic carbocycles. The Morgan fingerprint density at radius 1 is 1.27 bits per heavy atom. The van der Waals surface area contributed by atoms with E-state index in [4.69, 9.17) is 10.8 Å². The van der Waals surface area contributed by atoms with E-state index in [1.807, 2.05) is 0 Å². The van der Waals surface area contributed by atoms with Gasteiger partial charge in [0, 0.05) is 10.1 Å². The summed E-state index contributed by atoms with van der Waals surface area (Å²) in [5.74, 6) is 0. The molecule has 3 heteroatoms. The van der Waals surface area contributed by atoms with Crippen molar-refractivity contribution in [2.75, 3.05) is 4.43 Å². The Hall–Kier alpha value is 0.0700. The molecule has 0 aliphatic rings. The summed E-state index contributed by atoms with van der Waals surface area (Å²) in [4.78, 5) is 0. The van der Waals surface area contributed by atoms with Crippen LogP contribution in [0.4, 0.5) is 0 Å². The minimum Gasteiger partial charge on any atom is -0.313 e. The van der Waals surface area contributed by atoms with E-state index >= 15 is 0 Å². The zero-order valence-corrected chi connectivity index (χ0v) is 8.86. The predicted molar refractivity (Wildman–Crippen MR) is 58.5 cm³/mol. The molecular weight excluding hydrogens is 251 g/mol. The third-order valence-corrected chi connectivity index (χ3v) is 2.01. The number of hydrogen-bond acceptors (Lipinski definition) is 2. The first-order valence-electron chi connectivity index (χ1n) is 3.92. The summed E-state index contributed by atoms with van der Waals surface area (Å²) >= 11 is 2.29. The molecule has 0 heterocycles. The first-order valence-corrected chi connectivity index (χ1v) is 5.45. The maximum absolute atomic E-state index is 7.46. The highest BCUT2D eigenvalue weighted by molar-refractivity contribution is 14.1. The molecule has 0 fully saturated rings. The van der Waals surface area contributed by atoms with E-state index in [-0.39, 0.29) is 0 Å². The number of nitrogens with one attached hydrogen (secondary N) is 2. The standard InChI is InChI=1S/C8H15IN2/c9-6-5-8(11)4-2-1-3-7-10/h7,10-11H,1-6H2. The monoisotopic (exact) mass is 266 g/mol. The van der Waals surface area contributed by atoms with E-state index in [9.17, 15) is 0 Å². The van der Waals surface area contributed by atoms with Crippen molar-refractivity contribution in [3.8, 4) is 0 Å². The van der Waals surface area contributed by atoms with Gasteiger partial charge in [0.2, 0.25) is 0 Å². The average molecular weight is 266 g/mol. The summed E-state index contributed by atoms with van der Waals surface area (Å²) in [6.07, 6.45) is 6.32. The predicted octanol–water partition coefficient (Wildman–Crippen LogP) is 3.04. The summed E-state index contributed by atoms with van der Waals surface area (Å²) in [5, 5.41) is 14.3. The van der Waals surface area contributed by atoms with Crippen LogP contribution in [-0.4, -0.2) is 16.4 Å². The van der Waals surface area contributed by atoms with Crippen molar-refractivity contribution >= 4 is 34.5 Å². The lowest BCUT2D eigenvalue weighted by molar-refractivity contribution is 0.790. The zero-order chi connectivity index (χ0) is 8.53. The van der Waals surface area contributed by atoms with Crippen LogP contribution in [-0.2, 0) is 0 Å². The minimum atomic E-state index is 0.865. The molecule has 0 spiro atoms. The molecule has 0 saturated heterocycles. The van der Waals surface area contributed by atoms with E-state index in [0.29, 0.717) is 0 Å². The average Bonchev–Trinajstić information content (AvgIpc) is 1.99. The molecule has 0 saturated carbocycles. The van der Waals surface area contributed by atoms with Crippen molar-refractivity contribution in [3.63, 3.8) is 0 Å². The number of hydrogen-bond donors (Lipinski definition) is 2. The molecule has 64 valence electrons. The van der Waals surface area contributed by atoms with Crippen molar-refractivity contribution in [2.24, 2.45) is 0 Å². The van der Waals surface area contributed by atoms with E-state index in [0.717, 1.165) is 42.2 Å². The lowest BCUT2D eigenvalue weighted by Crippen LogP contribution is -1.96. The Morgan fingerprint density at radius 3 is 2.55 bits per heavy atom. The van der Waals surface area contributed by atoms with E-state index in [2.05, 4.69) is 22.6 Å². The quantitative estimate of drug-likeness (QED) is 0.308. The molecule has 0 radical (unpaired) electrons. The van der Waals surface area contributed by atoms with Gasteiger partial charge in [-0.3, -0.25) is 0 Å². The van der Waals surface area contributed by atoms with Crippen molar-refractivity contribution in [2.45, 2.75) is 32.1 Å². The lowest BCUT2D eigenvalue weighted by Gasteiger charge is -1.99. The molecular formula is C8H15IN2. The van der Waals surface area contributed by atoms with Gasteiger partial charge in [0.15, 0.2) is 0 Å². The fourth-order valence-electron chi connectivity index (χ4n) is 0.824. The van der Waals surface area contributed by atoms with Gasteiger partial charge in [-0.1, -0.05) is 22.6 Å². The van der Waals surface area contributed by atoms with Crippen LogP contribution in [0.2, 0.25) is 0 Å². The molecule has 0 aliphatic carbocycles. The second kappa shape index (κ2) is 8.17. The van der Waals surface area contributed by atoms with Gasteiger partial charge in [0.05, 0.1) is 0 Å². The molecule has 0 aromatic rings. The molecule has 0 rings (SSSR count).